The van der Waals surface area contributed by atoms with Crippen molar-refractivity contribution >= 4 is 5.97 Å². The second-order valence-electron chi connectivity index (χ2n) is 5.23. The first kappa shape index (κ1) is 21.3. The summed E-state index contributed by atoms with van der Waals surface area (Å²) in [6.45, 7) is 0.273. The lowest BCUT2D eigenvalue weighted by atomic mass is 9.86. The van der Waals surface area contributed by atoms with Crippen molar-refractivity contribution in [2.24, 2.45) is 5.41 Å². The van der Waals surface area contributed by atoms with Gasteiger partial charge in [-0.3, -0.25) is 4.68 Å². The second kappa shape index (κ2) is 7.64. The SMILES string of the molecule is CCOC(=O)c1cn(CC(C#N)(C#N)CCC(F)(F)F)nc1C(F)(F)F. The van der Waals surface area contributed by atoms with Gasteiger partial charge in [0.25, 0.3) is 0 Å². The highest BCUT2D eigenvalue weighted by atomic mass is 19.4. The summed E-state index contributed by atoms with van der Waals surface area (Å²) in [4.78, 5) is 11.6. The maximum absolute atomic E-state index is 13.0. The molecule has 1 aromatic rings. The van der Waals surface area contributed by atoms with Crippen molar-refractivity contribution in [3.63, 3.8) is 0 Å². The summed E-state index contributed by atoms with van der Waals surface area (Å²) in [5, 5.41) is 21.3. The minimum Gasteiger partial charge on any atom is -0.462 e. The molecule has 1 heterocycles. The molecule has 0 atom stereocenters. The number of hydrogen-bond acceptors (Lipinski definition) is 5. The van der Waals surface area contributed by atoms with E-state index in [0.717, 1.165) is 0 Å². The number of hydrogen-bond donors (Lipinski definition) is 0. The smallest absolute Gasteiger partial charge is 0.436 e. The molecule has 0 aliphatic carbocycles. The highest BCUT2D eigenvalue weighted by molar-refractivity contribution is 5.90. The number of nitrogens with zero attached hydrogens (tertiary/aromatic N) is 4. The standard InChI is InChI=1S/C14H12F6N4O2/c1-2-26-11(25)9-5-24(23-10(9)14(18,19)20)8-12(6-21,7-22)3-4-13(15,16)17/h5H,2-4,8H2,1H3. The molecular formula is C14H12F6N4O2. The van der Waals surface area contributed by atoms with E-state index in [9.17, 15) is 31.1 Å². The first-order valence-electron chi connectivity index (χ1n) is 7.08. The van der Waals surface area contributed by atoms with Crippen LogP contribution in [0.15, 0.2) is 6.20 Å². The van der Waals surface area contributed by atoms with Crippen LogP contribution in [0.4, 0.5) is 26.3 Å². The number of esters is 1. The zero-order chi connectivity index (χ0) is 20.2. The number of aromatic nitrogens is 2. The Labute approximate surface area is 143 Å². The van der Waals surface area contributed by atoms with Gasteiger partial charge >= 0.3 is 18.3 Å². The molecule has 0 unspecified atom stereocenters. The zero-order valence-corrected chi connectivity index (χ0v) is 13.3. The highest BCUT2D eigenvalue weighted by Gasteiger charge is 2.42. The third-order valence-electron chi connectivity index (χ3n) is 3.22. The van der Waals surface area contributed by atoms with Crippen LogP contribution in [0.25, 0.3) is 0 Å². The lowest BCUT2D eigenvalue weighted by Crippen LogP contribution is -2.26. The topological polar surface area (TPSA) is 91.7 Å². The third kappa shape index (κ3) is 5.37. The molecule has 1 rings (SSSR count). The largest absolute Gasteiger partial charge is 0.462 e. The molecule has 0 saturated heterocycles. The summed E-state index contributed by atoms with van der Waals surface area (Å²) in [6, 6.07) is 2.78. The molecule has 0 spiro atoms. The molecule has 0 amide bonds. The van der Waals surface area contributed by atoms with Gasteiger partial charge in [-0.15, -0.1) is 0 Å². The summed E-state index contributed by atoms with van der Waals surface area (Å²) >= 11 is 0. The van der Waals surface area contributed by atoms with Gasteiger partial charge in [-0.1, -0.05) is 0 Å². The van der Waals surface area contributed by atoms with Crippen molar-refractivity contribution in [3.8, 4) is 12.1 Å². The van der Waals surface area contributed by atoms with Gasteiger partial charge in [0.05, 0.1) is 25.3 Å². The van der Waals surface area contributed by atoms with E-state index < -0.39 is 54.4 Å². The van der Waals surface area contributed by atoms with E-state index >= 15 is 0 Å². The zero-order valence-electron chi connectivity index (χ0n) is 13.3. The van der Waals surface area contributed by atoms with E-state index in [-0.39, 0.29) is 6.61 Å². The number of rotatable bonds is 6. The Hall–Kier alpha value is -2.76. The third-order valence-corrected chi connectivity index (χ3v) is 3.22. The average molecular weight is 382 g/mol. The minimum atomic E-state index is -5.04. The van der Waals surface area contributed by atoms with Gasteiger partial charge in [0.15, 0.2) is 11.1 Å². The number of nitriles is 2. The van der Waals surface area contributed by atoms with Crippen molar-refractivity contribution in [1.29, 1.82) is 10.5 Å². The summed E-state index contributed by atoms with van der Waals surface area (Å²) in [5.74, 6) is -1.33. The molecule has 0 radical (unpaired) electrons. The van der Waals surface area contributed by atoms with Gasteiger partial charge in [-0.25, -0.2) is 4.79 Å². The number of ether oxygens (including phenoxy) is 1. The molecule has 0 aromatic carbocycles. The van der Waals surface area contributed by atoms with E-state index in [1.807, 2.05) is 0 Å². The van der Waals surface area contributed by atoms with Crippen LogP contribution in [0.1, 0.15) is 35.8 Å². The normalized spacial score (nSPS) is 12.3. The maximum atomic E-state index is 13.0. The lowest BCUT2D eigenvalue weighted by molar-refractivity contribution is -0.142. The van der Waals surface area contributed by atoms with Crippen molar-refractivity contribution in [1.82, 2.24) is 9.78 Å². The van der Waals surface area contributed by atoms with E-state index in [1.165, 1.54) is 19.1 Å². The average Bonchev–Trinajstić information content (AvgIpc) is 2.95. The fraction of sp³-hybridized carbons (Fsp3) is 0.571. The Morgan fingerprint density at radius 2 is 1.77 bits per heavy atom. The van der Waals surface area contributed by atoms with E-state index in [0.29, 0.717) is 10.9 Å². The Morgan fingerprint density at radius 1 is 1.19 bits per heavy atom. The minimum absolute atomic E-state index is 0.215. The summed E-state index contributed by atoms with van der Waals surface area (Å²) in [7, 11) is 0. The molecule has 0 bridgehead atoms. The van der Waals surface area contributed by atoms with Crippen LogP contribution in [0.5, 0.6) is 0 Å². The number of carbonyl (C=O) groups excluding carboxylic acids is 1. The Kier molecular flexibility index (Phi) is 6.25. The van der Waals surface area contributed by atoms with Crippen LogP contribution in [-0.4, -0.2) is 28.5 Å². The fourth-order valence-electron chi connectivity index (χ4n) is 1.99. The summed E-state index contributed by atoms with van der Waals surface area (Å²) in [6.07, 6.45) is -11.5. The summed E-state index contributed by atoms with van der Waals surface area (Å²) < 4.78 is 81.0. The van der Waals surface area contributed by atoms with Crippen LogP contribution in [0.3, 0.4) is 0 Å². The Bertz CT molecular complexity index is 725. The van der Waals surface area contributed by atoms with Crippen LogP contribution in [0, 0.1) is 28.1 Å². The Morgan fingerprint density at radius 3 is 2.19 bits per heavy atom. The fourth-order valence-corrected chi connectivity index (χ4v) is 1.99. The maximum Gasteiger partial charge on any atom is 0.436 e. The lowest BCUT2D eigenvalue weighted by Gasteiger charge is -2.19. The van der Waals surface area contributed by atoms with Gasteiger partial charge in [-0.05, 0) is 13.3 Å². The highest BCUT2D eigenvalue weighted by Crippen LogP contribution is 2.34. The van der Waals surface area contributed by atoms with Crippen molar-refractivity contribution < 1.29 is 35.9 Å². The molecule has 26 heavy (non-hydrogen) atoms. The van der Waals surface area contributed by atoms with Crippen molar-refractivity contribution in [2.45, 2.75) is 38.7 Å². The van der Waals surface area contributed by atoms with Crippen LogP contribution < -0.4 is 0 Å². The van der Waals surface area contributed by atoms with E-state index in [4.69, 9.17) is 10.5 Å². The second-order valence-corrected chi connectivity index (χ2v) is 5.23. The Balaban J connectivity index is 3.24. The predicted molar refractivity (Wildman–Crippen MR) is 72.1 cm³/mol. The van der Waals surface area contributed by atoms with Gasteiger partial charge in [-0.2, -0.15) is 42.0 Å². The predicted octanol–water partition coefficient (Wildman–Crippen LogP) is 3.45. The van der Waals surface area contributed by atoms with E-state index in [2.05, 4.69) is 9.84 Å². The first-order valence-corrected chi connectivity index (χ1v) is 7.08. The molecule has 142 valence electrons. The molecule has 0 aliphatic rings. The van der Waals surface area contributed by atoms with Crippen molar-refractivity contribution in [2.75, 3.05) is 6.61 Å². The monoisotopic (exact) mass is 382 g/mol. The molecule has 0 fully saturated rings. The number of halogens is 6. The molecule has 12 heteroatoms. The molecule has 6 nitrogen and oxygen atoms in total. The van der Waals surface area contributed by atoms with Crippen LogP contribution in [-0.2, 0) is 17.5 Å². The van der Waals surface area contributed by atoms with Gasteiger partial charge in [0.1, 0.15) is 5.56 Å². The summed E-state index contributed by atoms with van der Waals surface area (Å²) in [5.41, 5.74) is -4.84. The first-order chi connectivity index (χ1) is 11.9. The quantitative estimate of drug-likeness (QED) is 0.555. The number of carbonyl (C=O) groups is 1. The van der Waals surface area contributed by atoms with Crippen molar-refractivity contribution in [3.05, 3.63) is 17.5 Å². The molecular weight excluding hydrogens is 370 g/mol. The van der Waals surface area contributed by atoms with Crippen LogP contribution >= 0.6 is 0 Å². The molecule has 0 saturated carbocycles. The number of alkyl halides is 6. The van der Waals surface area contributed by atoms with E-state index in [1.54, 1.807) is 0 Å². The van der Waals surface area contributed by atoms with Gasteiger partial charge in [0.2, 0.25) is 0 Å². The van der Waals surface area contributed by atoms with Gasteiger partial charge in [0, 0.05) is 12.6 Å². The van der Waals surface area contributed by atoms with Gasteiger partial charge < -0.3 is 4.74 Å². The van der Waals surface area contributed by atoms with Crippen LogP contribution in [0.2, 0.25) is 0 Å². The molecule has 0 N–H and O–H groups in total. The molecule has 1 aromatic heterocycles. The molecule has 0 aliphatic heterocycles.